The summed E-state index contributed by atoms with van der Waals surface area (Å²) in [5.74, 6) is 1.60. The van der Waals surface area contributed by atoms with Gasteiger partial charge in [-0.25, -0.2) is 0 Å². The molecule has 0 aliphatic heterocycles. The van der Waals surface area contributed by atoms with Gasteiger partial charge in [-0.2, -0.15) is 4.98 Å². The Morgan fingerprint density at radius 2 is 2.24 bits per heavy atom. The minimum atomic E-state index is -0.640. The molecule has 112 valence electrons. The Kier molecular flexibility index (Phi) is 5.35. The topological polar surface area (TPSA) is 91.2 Å². The maximum atomic E-state index is 11.2. The second kappa shape index (κ2) is 7.24. The summed E-state index contributed by atoms with van der Waals surface area (Å²) in [6, 6.07) is 7.20. The van der Waals surface area contributed by atoms with Crippen LogP contribution in [0.4, 0.5) is 0 Å². The average Bonchev–Trinajstić information content (AvgIpc) is 2.95. The summed E-state index contributed by atoms with van der Waals surface area (Å²) in [7, 11) is 1.32. The lowest BCUT2D eigenvalue weighted by atomic mass is 10.1. The van der Waals surface area contributed by atoms with E-state index in [1.807, 2.05) is 31.2 Å². The number of carbonyl (C=O) groups excluding carboxylic acids is 1. The highest BCUT2D eigenvalue weighted by Gasteiger charge is 2.15. The van der Waals surface area contributed by atoms with E-state index in [-0.39, 0.29) is 0 Å². The molecular formula is C14H17N3O3S. The molecule has 0 radical (unpaired) electrons. The Balaban J connectivity index is 1.92. The molecule has 0 fully saturated rings. The van der Waals surface area contributed by atoms with Crippen molar-refractivity contribution < 1.29 is 14.1 Å². The van der Waals surface area contributed by atoms with Crippen LogP contribution in [-0.2, 0) is 15.3 Å². The van der Waals surface area contributed by atoms with Crippen molar-refractivity contribution in [3.8, 4) is 11.4 Å². The molecule has 2 N–H and O–H groups in total. The number of hydrogen-bond acceptors (Lipinski definition) is 7. The molecule has 0 aliphatic carbocycles. The van der Waals surface area contributed by atoms with Crippen molar-refractivity contribution >= 4 is 17.7 Å². The first-order chi connectivity index (χ1) is 10.1. The number of thioether (sulfide) groups is 1. The minimum absolute atomic E-state index is 0.423. The summed E-state index contributed by atoms with van der Waals surface area (Å²) in [5.41, 5.74) is 7.68. The van der Waals surface area contributed by atoms with Crippen molar-refractivity contribution in [2.75, 3.05) is 12.9 Å². The van der Waals surface area contributed by atoms with Gasteiger partial charge in [-0.05, 0) is 12.5 Å². The van der Waals surface area contributed by atoms with Gasteiger partial charge >= 0.3 is 5.97 Å². The van der Waals surface area contributed by atoms with Gasteiger partial charge in [0.25, 0.3) is 0 Å². The molecule has 7 heteroatoms. The molecule has 0 saturated carbocycles. The van der Waals surface area contributed by atoms with Crippen molar-refractivity contribution in [3.63, 3.8) is 0 Å². The highest BCUT2D eigenvalue weighted by molar-refractivity contribution is 7.98. The summed E-state index contributed by atoms with van der Waals surface area (Å²) < 4.78 is 9.76. The molecule has 6 nitrogen and oxygen atoms in total. The van der Waals surface area contributed by atoms with Gasteiger partial charge in [-0.3, -0.25) is 4.79 Å². The van der Waals surface area contributed by atoms with Crippen LogP contribution in [0.25, 0.3) is 11.4 Å². The Hall–Kier alpha value is -1.86. The van der Waals surface area contributed by atoms with Crippen LogP contribution < -0.4 is 5.73 Å². The van der Waals surface area contributed by atoms with E-state index in [1.165, 1.54) is 18.9 Å². The normalized spacial score (nSPS) is 12.1. The molecule has 1 aromatic carbocycles. The van der Waals surface area contributed by atoms with E-state index in [9.17, 15) is 4.79 Å². The summed E-state index contributed by atoms with van der Waals surface area (Å²) in [4.78, 5) is 15.5. The Labute approximate surface area is 127 Å². The van der Waals surface area contributed by atoms with Gasteiger partial charge in [0, 0.05) is 11.3 Å². The number of nitrogens with two attached hydrogens (primary N) is 1. The fraction of sp³-hybridized carbons (Fsp3) is 0.357. The van der Waals surface area contributed by atoms with Gasteiger partial charge in [0.1, 0.15) is 6.04 Å². The van der Waals surface area contributed by atoms with Crippen LogP contribution in [0.3, 0.4) is 0 Å². The highest BCUT2D eigenvalue weighted by Crippen LogP contribution is 2.21. The summed E-state index contributed by atoms with van der Waals surface area (Å²) in [6.45, 7) is 2.00. The van der Waals surface area contributed by atoms with Crippen LogP contribution in [0.15, 0.2) is 28.8 Å². The maximum Gasteiger partial charge on any atom is 0.323 e. The Morgan fingerprint density at radius 3 is 2.95 bits per heavy atom. The van der Waals surface area contributed by atoms with E-state index in [1.54, 1.807) is 0 Å². The molecule has 2 rings (SSSR count). The van der Waals surface area contributed by atoms with Gasteiger partial charge in [-0.15, -0.1) is 11.8 Å². The molecule has 1 unspecified atom stereocenters. The third-order valence-electron chi connectivity index (χ3n) is 2.88. The van der Waals surface area contributed by atoms with Crippen molar-refractivity contribution in [1.82, 2.24) is 10.1 Å². The zero-order valence-electron chi connectivity index (χ0n) is 11.9. The van der Waals surface area contributed by atoms with Crippen LogP contribution >= 0.6 is 11.8 Å². The van der Waals surface area contributed by atoms with E-state index in [2.05, 4.69) is 14.9 Å². The van der Waals surface area contributed by atoms with E-state index < -0.39 is 12.0 Å². The number of aryl methyl sites for hydroxylation is 1. The molecule has 0 saturated heterocycles. The van der Waals surface area contributed by atoms with Crippen molar-refractivity contribution in [1.29, 1.82) is 0 Å². The average molecular weight is 307 g/mol. The van der Waals surface area contributed by atoms with Gasteiger partial charge in [-0.1, -0.05) is 29.4 Å². The van der Waals surface area contributed by atoms with Gasteiger partial charge in [0.05, 0.1) is 12.9 Å². The van der Waals surface area contributed by atoms with Gasteiger partial charge in [0.15, 0.2) is 0 Å². The standard InChI is InChI=1S/C14H17N3O3S/c1-9-5-3-4-6-10(9)13-16-12(20-17-13)8-21-7-11(15)14(18)19-2/h3-6,11H,7-8,15H2,1-2H3. The van der Waals surface area contributed by atoms with Crippen LogP contribution in [0.5, 0.6) is 0 Å². The first-order valence-electron chi connectivity index (χ1n) is 6.41. The Morgan fingerprint density at radius 1 is 1.48 bits per heavy atom. The van der Waals surface area contributed by atoms with Crippen molar-refractivity contribution in [2.45, 2.75) is 18.7 Å². The second-order valence-corrected chi connectivity index (χ2v) is 5.50. The molecule has 0 aliphatic rings. The third-order valence-corrected chi connectivity index (χ3v) is 3.93. The number of methoxy groups -OCH3 is 1. The zero-order valence-corrected chi connectivity index (χ0v) is 12.7. The summed E-state index contributed by atoms with van der Waals surface area (Å²) >= 11 is 1.45. The molecule has 1 aromatic heterocycles. The quantitative estimate of drug-likeness (QED) is 0.813. The van der Waals surface area contributed by atoms with Crippen molar-refractivity contribution in [3.05, 3.63) is 35.7 Å². The molecule has 0 amide bonds. The van der Waals surface area contributed by atoms with Gasteiger partial charge < -0.3 is 15.0 Å². The first kappa shape index (κ1) is 15.5. The minimum Gasteiger partial charge on any atom is -0.468 e. The predicted molar refractivity (Wildman–Crippen MR) is 80.6 cm³/mol. The van der Waals surface area contributed by atoms with Crippen LogP contribution in [-0.4, -0.2) is 35.0 Å². The summed E-state index contributed by atoms with van der Waals surface area (Å²) in [5, 5.41) is 3.97. The highest BCUT2D eigenvalue weighted by atomic mass is 32.2. The lowest BCUT2D eigenvalue weighted by molar-refractivity contribution is -0.141. The summed E-state index contributed by atoms with van der Waals surface area (Å²) in [6.07, 6.45) is 0. The number of rotatable bonds is 6. The largest absolute Gasteiger partial charge is 0.468 e. The van der Waals surface area contributed by atoms with E-state index in [0.29, 0.717) is 23.2 Å². The maximum absolute atomic E-state index is 11.2. The number of hydrogen-bond donors (Lipinski definition) is 1. The SMILES string of the molecule is COC(=O)C(N)CSCc1nc(-c2ccccc2C)no1. The molecule has 1 atom stereocenters. The molecule has 21 heavy (non-hydrogen) atoms. The smallest absolute Gasteiger partial charge is 0.323 e. The number of nitrogens with zero attached hydrogens (tertiary/aromatic N) is 2. The van der Waals surface area contributed by atoms with Crippen LogP contribution in [0.2, 0.25) is 0 Å². The molecule has 0 bridgehead atoms. The van der Waals surface area contributed by atoms with E-state index >= 15 is 0 Å². The predicted octanol–water partition coefficient (Wildman–Crippen LogP) is 1.78. The van der Waals surface area contributed by atoms with Crippen molar-refractivity contribution in [2.24, 2.45) is 5.73 Å². The third kappa shape index (κ3) is 4.05. The number of aromatic nitrogens is 2. The molecule has 2 aromatic rings. The second-order valence-electron chi connectivity index (χ2n) is 4.47. The van der Waals surface area contributed by atoms with E-state index in [0.717, 1.165) is 11.1 Å². The number of carbonyl (C=O) groups is 1. The lowest BCUT2D eigenvalue weighted by Gasteiger charge is -2.06. The monoisotopic (exact) mass is 307 g/mol. The molecule has 1 heterocycles. The number of ether oxygens (including phenoxy) is 1. The van der Waals surface area contributed by atoms with Crippen LogP contribution in [0.1, 0.15) is 11.5 Å². The first-order valence-corrected chi connectivity index (χ1v) is 7.57. The molecular weight excluding hydrogens is 290 g/mol. The Bertz CT molecular complexity index is 615. The zero-order chi connectivity index (χ0) is 15.2. The number of esters is 1. The molecule has 0 spiro atoms. The number of benzene rings is 1. The van der Waals surface area contributed by atoms with Gasteiger partial charge in [0.2, 0.25) is 11.7 Å². The fourth-order valence-corrected chi connectivity index (χ4v) is 2.54. The lowest BCUT2D eigenvalue weighted by Crippen LogP contribution is -2.33. The van der Waals surface area contributed by atoms with Crippen LogP contribution in [0, 0.1) is 6.92 Å². The van der Waals surface area contributed by atoms with E-state index in [4.69, 9.17) is 10.3 Å². The fourth-order valence-electron chi connectivity index (χ4n) is 1.74.